The van der Waals surface area contributed by atoms with Crippen LogP contribution in [0.15, 0.2) is 91.0 Å². The Morgan fingerprint density at radius 1 is 0.588 bits per heavy atom. The number of benzene rings is 3. The Labute approximate surface area is 304 Å². The summed E-state index contributed by atoms with van der Waals surface area (Å²) in [6, 6.07) is 29.8. The Morgan fingerprint density at radius 2 is 1.12 bits per heavy atom. The summed E-state index contributed by atoms with van der Waals surface area (Å²) in [6.07, 6.45) is 12.3. The number of amides is 3. The number of piperidine rings is 1. The van der Waals surface area contributed by atoms with Crippen molar-refractivity contribution in [3.05, 3.63) is 108 Å². The van der Waals surface area contributed by atoms with Crippen LogP contribution in [0.2, 0.25) is 0 Å². The molecule has 3 aliphatic heterocycles. The van der Waals surface area contributed by atoms with Gasteiger partial charge in [-0.1, -0.05) is 110 Å². The maximum atomic E-state index is 14.6. The highest BCUT2D eigenvalue weighted by molar-refractivity contribution is 5.93. The lowest BCUT2D eigenvalue weighted by atomic mass is 9.67. The van der Waals surface area contributed by atoms with Crippen molar-refractivity contribution in [1.29, 1.82) is 0 Å². The number of nitrogens with zero attached hydrogens (tertiary/aromatic N) is 3. The monoisotopic (exact) mass is 688 g/mol. The van der Waals surface area contributed by atoms with Crippen molar-refractivity contribution in [3.63, 3.8) is 0 Å². The van der Waals surface area contributed by atoms with Gasteiger partial charge in [-0.15, -0.1) is 0 Å². The molecule has 3 unspecified atom stereocenters. The van der Waals surface area contributed by atoms with Gasteiger partial charge in [0, 0.05) is 39.1 Å². The van der Waals surface area contributed by atoms with Gasteiger partial charge in [0.2, 0.25) is 17.7 Å². The molecule has 3 atom stereocenters. The topological polar surface area (TPSA) is 73.0 Å². The van der Waals surface area contributed by atoms with E-state index in [-0.39, 0.29) is 24.1 Å². The van der Waals surface area contributed by atoms with Gasteiger partial charge in [-0.3, -0.25) is 14.4 Å². The Kier molecular flexibility index (Phi) is 11.5. The first-order valence-electron chi connectivity index (χ1n) is 19.8. The predicted molar refractivity (Wildman–Crippen MR) is 202 cm³/mol. The summed E-state index contributed by atoms with van der Waals surface area (Å²) in [4.78, 5) is 48.9. The second-order valence-electron chi connectivity index (χ2n) is 15.6. The van der Waals surface area contributed by atoms with E-state index in [0.29, 0.717) is 38.4 Å². The van der Waals surface area contributed by atoms with Crippen LogP contribution in [-0.2, 0) is 19.8 Å². The van der Waals surface area contributed by atoms with Crippen molar-refractivity contribution in [2.45, 2.75) is 94.5 Å². The standard InChI is InChI=1S/C44H56N4O3/c49-41(30-44(36-19-7-2-8-20-36,37-21-9-3-10-22-37)38-23-11-4-12-24-38)47-28-15-26-40(47)43(51)48-29-14-25-39(48)42(50)45-31-35-18-13-27-46(33-35)32-34-16-5-1-6-17-34/h2-4,7-12,19-24,34-35,39-40H,1,5-6,13-18,25-33H2,(H,45,50). The number of nitrogens with one attached hydrogen (secondary N) is 1. The molecule has 51 heavy (non-hydrogen) atoms. The normalized spacial score (nSPS) is 23.3. The maximum absolute atomic E-state index is 14.6. The summed E-state index contributed by atoms with van der Waals surface area (Å²) in [6.45, 7) is 5.22. The van der Waals surface area contributed by atoms with E-state index in [4.69, 9.17) is 0 Å². The quantitative estimate of drug-likeness (QED) is 0.225. The summed E-state index contributed by atoms with van der Waals surface area (Å²) in [5.74, 6) is 1.16. The third-order valence-corrected chi connectivity index (χ3v) is 12.3. The lowest BCUT2D eigenvalue weighted by Crippen LogP contribution is -2.54. The Hall–Kier alpha value is -3.97. The molecule has 1 aliphatic carbocycles. The number of hydrogen-bond acceptors (Lipinski definition) is 4. The van der Waals surface area contributed by atoms with Gasteiger partial charge in [0.05, 0.1) is 5.41 Å². The number of likely N-dealkylation sites (tertiary alicyclic amines) is 3. The summed E-state index contributed by atoms with van der Waals surface area (Å²) in [7, 11) is 0. The second-order valence-corrected chi connectivity index (χ2v) is 15.6. The first-order valence-corrected chi connectivity index (χ1v) is 19.8. The Balaban J connectivity index is 1.03. The van der Waals surface area contributed by atoms with Crippen LogP contribution in [0.3, 0.4) is 0 Å². The molecule has 3 amide bonds. The summed E-state index contributed by atoms with van der Waals surface area (Å²) in [5, 5.41) is 3.27. The van der Waals surface area contributed by atoms with Crippen LogP contribution in [0.4, 0.5) is 0 Å². The minimum atomic E-state index is -0.724. The molecule has 4 aliphatic rings. The summed E-state index contributed by atoms with van der Waals surface area (Å²) in [5.41, 5.74) is 2.41. The number of rotatable bonds is 11. The average molecular weight is 689 g/mol. The highest BCUT2D eigenvalue weighted by atomic mass is 16.2. The number of hydrogen-bond donors (Lipinski definition) is 1. The lowest BCUT2D eigenvalue weighted by molar-refractivity contribution is -0.146. The largest absolute Gasteiger partial charge is 0.354 e. The van der Waals surface area contributed by atoms with Crippen LogP contribution >= 0.6 is 0 Å². The molecule has 3 heterocycles. The van der Waals surface area contributed by atoms with Crippen LogP contribution in [0.1, 0.15) is 93.7 Å². The number of carbonyl (C=O) groups excluding carboxylic acids is 3. The van der Waals surface area contributed by atoms with Crippen LogP contribution in [0, 0.1) is 11.8 Å². The van der Waals surface area contributed by atoms with Gasteiger partial charge in [0.1, 0.15) is 12.1 Å². The smallest absolute Gasteiger partial charge is 0.246 e. The molecule has 0 bridgehead atoms. The highest BCUT2D eigenvalue weighted by Crippen LogP contribution is 2.43. The zero-order valence-corrected chi connectivity index (χ0v) is 30.3. The van der Waals surface area contributed by atoms with E-state index < -0.39 is 17.5 Å². The van der Waals surface area contributed by atoms with E-state index in [0.717, 1.165) is 48.4 Å². The molecule has 3 aromatic rings. The molecule has 0 spiro atoms. The first-order chi connectivity index (χ1) is 25.0. The molecule has 3 aromatic carbocycles. The van der Waals surface area contributed by atoms with Crippen molar-refractivity contribution in [1.82, 2.24) is 20.0 Å². The van der Waals surface area contributed by atoms with Gasteiger partial charge in [0.15, 0.2) is 0 Å². The van der Waals surface area contributed by atoms with E-state index in [1.54, 1.807) is 4.90 Å². The van der Waals surface area contributed by atoms with Crippen molar-refractivity contribution < 1.29 is 14.4 Å². The molecule has 7 heteroatoms. The van der Waals surface area contributed by atoms with Crippen molar-refractivity contribution in [3.8, 4) is 0 Å². The van der Waals surface area contributed by atoms with Crippen molar-refractivity contribution in [2.75, 3.05) is 39.3 Å². The zero-order valence-electron chi connectivity index (χ0n) is 30.3. The molecule has 7 rings (SSSR count). The minimum Gasteiger partial charge on any atom is -0.354 e. The predicted octanol–water partition coefficient (Wildman–Crippen LogP) is 6.80. The van der Waals surface area contributed by atoms with Crippen LogP contribution in [-0.4, -0.2) is 83.8 Å². The van der Waals surface area contributed by atoms with E-state index >= 15 is 0 Å². The first kappa shape index (κ1) is 35.4. The molecular weight excluding hydrogens is 633 g/mol. The molecule has 4 fully saturated rings. The molecule has 0 radical (unpaired) electrons. The molecule has 1 N–H and O–H groups in total. The van der Waals surface area contributed by atoms with Gasteiger partial charge in [-0.2, -0.15) is 0 Å². The van der Waals surface area contributed by atoms with Crippen LogP contribution in [0.25, 0.3) is 0 Å². The van der Waals surface area contributed by atoms with Gasteiger partial charge in [0.25, 0.3) is 0 Å². The lowest BCUT2D eigenvalue weighted by Gasteiger charge is -2.38. The van der Waals surface area contributed by atoms with Gasteiger partial charge < -0.3 is 20.0 Å². The van der Waals surface area contributed by atoms with E-state index in [1.807, 2.05) is 59.5 Å². The average Bonchev–Trinajstić information content (AvgIpc) is 3.89. The molecule has 7 nitrogen and oxygen atoms in total. The van der Waals surface area contributed by atoms with Crippen LogP contribution < -0.4 is 5.32 Å². The van der Waals surface area contributed by atoms with E-state index in [1.165, 1.54) is 51.6 Å². The molecule has 0 aromatic heterocycles. The fraction of sp³-hybridized carbons (Fsp3) is 0.523. The fourth-order valence-corrected chi connectivity index (χ4v) is 9.70. The van der Waals surface area contributed by atoms with E-state index in [2.05, 4.69) is 46.6 Å². The Bertz CT molecular complexity index is 1500. The van der Waals surface area contributed by atoms with E-state index in [9.17, 15) is 14.4 Å². The van der Waals surface area contributed by atoms with Crippen LogP contribution in [0.5, 0.6) is 0 Å². The molecular formula is C44H56N4O3. The summed E-state index contributed by atoms with van der Waals surface area (Å²) < 4.78 is 0. The molecule has 1 saturated carbocycles. The third kappa shape index (κ3) is 7.94. The minimum absolute atomic E-state index is 0.0299. The zero-order chi connectivity index (χ0) is 35.0. The Morgan fingerprint density at radius 3 is 1.73 bits per heavy atom. The third-order valence-electron chi connectivity index (χ3n) is 12.3. The summed E-state index contributed by atoms with van der Waals surface area (Å²) >= 11 is 0. The van der Waals surface area contributed by atoms with Gasteiger partial charge in [-0.25, -0.2) is 0 Å². The highest BCUT2D eigenvalue weighted by Gasteiger charge is 2.45. The SMILES string of the molecule is O=C(NCC1CCCN(CC2CCCCC2)C1)C1CCCN1C(=O)C1CCCN1C(=O)CC(c1ccccc1)(c1ccccc1)c1ccccc1. The van der Waals surface area contributed by atoms with Crippen molar-refractivity contribution in [2.24, 2.45) is 11.8 Å². The van der Waals surface area contributed by atoms with Crippen molar-refractivity contribution >= 4 is 17.7 Å². The number of carbonyl (C=O) groups is 3. The molecule has 270 valence electrons. The fourth-order valence-electron chi connectivity index (χ4n) is 9.70. The maximum Gasteiger partial charge on any atom is 0.246 e. The molecule has 3 saturated heterocycles. The van der Waals surface area contributed by atoms with Gasteiger partial charge in [-0.05, 0) is 86.4 Å². The second kappa shape index (κ2) is 16.6. The van der Waals surface area contributed by atoms with Gasteiger partial charge >= 0.3 is 0 Å².